The number of aliphatic carboxylic acids is 1. The van der Waals surface area contributed by atoms with Crippen LogP contribution in [-0.4, -0.2) is 52.4 Å². The zero-order valence-electron chi connectivity index (χ0n) is 10.5. The molecule has 0 aliphatic carbocycles. The summed E-state index contributed by atoms with van der Waals surface area (Å²) in [5, 5.41) is 27.6. The second kappa shape index (κ2) is 7.27. The van der Waals surface area contributed by atoms with Crippen molar-refractivity contribution in [2.75, 3.05) is 13.1 Å². The van der Waals surface area contributed by atoms with Gasteiger partial charge in [0.25, 0.3) is 0 Å². The Morgan fingerprint density at radius 3 is 2.68 bits per heavy atom. The predicted molar refractivity (Wildman–Crippen MR) is 72.2 cm³/mol. The highest BCUT2D eigenvalue weighted by Gasteiger charge is 2.05. The number of benzene rings is 1. The molecule has 1 aromatic rings. The lowest BCUT2D eigenvalue weighted by atomic mass is 10.2. The number of phenolic OH excluding ortho intramolecular Hbond substituents is 1. The summed E-state index contributed by atoms with van der Waals surface area (Å²) in [6.07, 6.45) is 0.600. The van der Waals surface area contributed by atoms with Gasteiger partial charge >= 0.3 is 5.97 Å². The zero-order chi connectivity index (χ0) is 14.3. The third-order valence-electron chi connectivity index (χ3n) is 2.33. The van der Waals surface area contributed by atoms with E-state index in [1.54, 1.807) is 18.2 Å². The second-order valence-electron chi connectivity index (χ2n) is 3.94. The van der Waals surface area contributed by atoms with Crippen LogP contribution in [0, 0.1) is 0 Å². The molecule has 102 valence electrons. The lowest BCUT2D eigenvalue weighted by molar-refractivity contribution is -0.129. The number of aliphatic imine (C=N–C) groups is 2. The van der Waals surface area contributed by atoms with E-state index >= 15 is 0 Å². The predicted octanol–water partition coefficient (Wildman–Crippen LogP) is 0.718. The number of para-hydroxylation sites is 1. The van der Waals surface area contributed by atoms with Crippen LogP contribution in [0.25, 0.3) is 0 Å². The Balaban J connectivity index is 2.47. The molecule has 19 heavy (non-hydrogen) atoms. The molecular weight excluding hydrogens is 248 g/mol. The molecule has 0 aliphatic rings. The van der Waals surface area contributed by atoms with E-state index in [0.717, 1.165) is 0 Å². The van der Waals surface area contributed by atoms with E-state index in [4.69, 9.17) is 5.11 Å². The number of carbonyl (C=O) groups is 1. The molecule has 0 saturated heterocycles. The normalized spacial score (nSPS) is 13.7. The number of carboxylic acid groups (broad SMARTS) is 1. The molecule has 1 atom stereocenters. The minimum atomic E-state index is -1.11. The lowest BCUT2D eigenvalue weighted by Crippen LogP contribution is -2.18. The van der Waals surface area contributed by atoms with Gasteiger partial charge in [-0.05, 0) is 19.1 Å². The van der Waals surface area contributed by atoms with Crippen LogP contribution < -0.4 is 0 Å². The van der Waals surface area contributed by atoms with Gasteiger partial charge in [0.15, 0.2) is 0 Å². The van der Waals surface area contributed by atoms with Gasteiger partial charge < -0.3 is 15.3 Å². The Morgan fingerprint density at radius 2 is 2.05 bits per heavy atom. The highest BCUT2D eigenvalue weighted by atomic mass is 16.4. The first-order valence-corrected chi connectivity index (χ1v) is 5.71. The number of aliphatic hydroxyl groups excluding tert-OH is 1. The van der Waals surface area contributed by atoms with Crippen LogP contribution in [0.15, 0.2) is 34.3 Å². The van der Waals surface area contributed by atoms with Crippen molar-refractivity contribution in [1.29, 1.82) is 0 Å². The van der Waals surface area contributed by atoms with Gasteiger partial charge in [-0.1, -0.05) is 12.1 Å². The van der Waals surface area contributed by atoms with Crippen molar-refractivity contribution < 1.29 is 20.1 Å². The fraction of sp³-hybridized carbons (Fsp3) is 0.308. The van der Waals surface area contributed by atoms with Crippen LogP contribution in [-0.2, 0) is 4.79 Å². The topological polar surface area (TPSA) is 102 Å². The third-order valence-corrected chi connectivity index (χ3v) is 2.33. The SMILES string of the molecule is CC(=NCC(O)CN=Cc1ccccc1O)C(=O)O. The van der Waals surface area contributed by atoms with E-state index < -0.39 is 12.1 Å². The van der Waals surface area contributed by atoms with Gasteiger partial charge in [-0.15, -0.1) is 0 Å². The van der Waals surface area contributed by atoms with Gasteiger partial charge in [0.1, 0.15) is 11.5 Å². The molecule has 1 aromatic carbocycles. The van der Waals surface area contributed by atoms with Crippen LogP contribution in [0.4, 0.5) is 0 Å². The van der Waals surface area contributed by atoms with Crippen LogP contribution in [0.1, 0.15) is 12.5 Å². The van der Waals surface area contributed by atoms with Crippen molar-refractivity contribution in [2.45, 2.75) is 13.0 Å². The Labute approximate surface area is 110 Å². The van der Waals surface area contributed by atoms with Crippen molar-refractivity contribution in [3.8, 4) is 5.75 Å². The maximum Gasteiger partial charge on any atom is 0.349 e. The summed E-state index contributed by atoms with van der Waals surface area (Å²) in [4.78, 5) is 18.2. The van der Waals surface area contributed by atoms with Gasteiger partial charge in [0, 0.05) is 11.8 Å². The highest BCUT2D eigenvalue weighted by molar-refractivity contribution is 6.34. The van der Waals surface area contributed by atoms with Gasteiger partial charge in [0.2, 0.25) is 0 Å². The minimum Gasteiger partial charge on any atom is -0.507 e. The van der Waals surface area contributed by atoms with E-state index in [-0.39, 0.29) is 24.6 Å². The highest BCUT2D eigenvalue weighted by Crippen LogP contribution is 2.12. The molecule has 1 rings (SSSR count). The monoisotopic (exact) mass is 264 g/mol. The molecule has 0 bridgehead atoms. The molecule has 0 aliphatic heterocycles. The maximum atomic E-state index is 10.5. The molecule has 0 amide bonds. The summed E-state index contributed by atoms with van der Waals surface area (Å²) in [7, 11) is 0. The molecular formula is C13H16N2O4. The fourth-order valence-corrected chi connectivity index (χ4v) is 1.24. The van der Waals surface area contributed by atoms with Gasteiger partial charge in [-0.2, -0.15) is 0 Å². The summed E-state index contributed by atoms with van der Waals surface area (Å²) in [5.74, 6) is -0.995. The van der Waals surface area contributed by atoms with Gasteiger partial charge in [0.05, 0.1) is 19.2 Å². The Kier molecular flexibility index (Phi) is 5.69. The number of aromatic hydroxyl groups is 1. The summed E-state index contributed by atoms with van der Waals surface area (Å²) in [5.41, 5.74) is 0.503. The first-order chi connectivity index (χ1) is 9.00. The largest absolute Gasteiger partial charge is 0.507 e. The molecule has 0 spiro atoms. The minimum absolute atomic E-state index is 0.0176. The Morgan fingerprint density at radius 1 is 1.37 bits per heavy atom. The zero-order valence-corrected chi connectivity index (χ0v) is 10.5. The molecule has 0 aromatic heterocycles. The van der Waals surface area contributed by atoms with Gasteiger partial charge in [-0.25, -0.2) is 4.79 Å². The lowest BCUT2D eigenvalue weighted by Gasteiger charge is -2.04. The number of rotatable bonds is 6. The number of hydrogen-bond acceptors (Lipinski definition) is 5. The van der Waals surface area contributed by atoms with Crippen LogP contribution in [0.5, 0.6) is 5.75 Å². The maximum absolute atomic E-state index is 10.5. The smallest absolute Gasteiger partial charge is 0.349 e. The summed E-state index contributed by atoms with van der Waals surface area (Å²) in [6, 6.07) is 6.69. The first kappa shape index (κ1) is 14.8. The van der Waals surface area contributed by atoms with Crippen LogP contribution in [0.2, 0.25) is 0 Å². The molecule has 0 fully saturated rings. The number of aliphatic hydroxyl groups is 1. The van der Waals surface area contributed by atoms with Crippen molar-refractivity contribution in [2.24, 2.45) is 9.98 Å². The molecule has 0 saturated carbocycles. The number of phenols is 1. The molecule has 6 nitrogen and oxygen atoms in total. The summed E-state index contributed by atoms with van der Waals surface area (Å²) >= 11 is 0. The Hall–Kier alpha value is -2.21. The molecule has 1 unspecified atom stereocenters. The average Bonchev–Trinajstić information content (AvgIpc) is 2.38. The summed E-state index contributed by atoms with van der Waals surface area (Å²) < 4.78 is 0. The molecule has 0 heterocycles. The van der Waals surface area contributed by atoms with Crippen molar-refractivity contribution in [3.05, 3.63) is 29.8 Å². The average molecular weight is 264 g/mol. The Bertz CT molecular complexity index is 497. The van der Waals surface area contributed by atoms with Crippen LogP contribution >= 0.6 is 0 Å². The van der Waals surface area contributed by atoms with Crippen molar-refractivity contribution >= 4 is 17.9 Å². The van der Waals surface area contributed by atoms with E-state index in [0.29, 0.717) is 5.56 Å². The second-order valence-corrected chi connectivity index (χ2v) is 3.94. The number of hydrogen-bond donors (Lipinski definition) is 3. The standard InChI is InChI=1S/C13H16N2O4/c1-9(13(18)19)15-8-11(16)7-14-6-10-4-2-3-5-12(10)17/h2-6,11,16-17H,7-8H2,1H3,(H,18,19). The van der Waals surface area contributed by atoms with Gasteiger partial charge in [-0.3, -0.25) is 9.98 Å². The fourth-order valence-electron chi connectivity index (χ4n) is 1.24. The molecule has 3 N–H and O–H groups in total. The molecule has 0 radical (unpaired) electrons. The van der Waals surface area contributed by atoms with E-state index in [1.807, 2.05) is 0 Å². The summed E-state index contributed by atoms with van der Waals surface area (Å²) in [6.45, 7) is 1.43. The van der Waals surface area contributed by atoms with Crippen molar-refractivity contribution in [1.82, 2.24) is 0 Å². The van der Waals surface area contributed by atoms with Crippen molar-refractivity contribution in [3.63, 3.8) is 0 Å². The van der Waals surface area contributed by atoms with E-state index in [9.17, 15) is 15.0 Å². The quantitative estimate of drug-likeness (QED) is 0.658. The third kappa shape index (κ3) is 5.31. The number of nitrogens with zero attached hydrogens (tertiary/aromatic N) is 2. The van der Waals surface area contributed by atoms with E-state index in [2.05, 4.69) is 9.98 Å². The molecule has 6 heteroatoms. The van der Waals surface area contributed by atoms with Crippen LogP contribution in [0.3, 0.4) is 0 Å². The number of carboxylic acids is 1. The van der Waals surface area contributed by atoms with E-state index in [1.165, 1.54) is 19.2 Å². The first-order valence-electron chi connectivity index (χ1n) is 5.71.